The first-order chi connectivity index (χ1) is 15.6. The number of nitrogens with one attached hydrogen (secondary N) is 3. The zero-order valence-corrected chi connectivity index (χ0v) is 19.6. The molecule has 1 aromatic heterocycles. The van der Waals surface area contributed by atoms with Crippen molar-refractivity contribution in [3.05, 3.63) is 46.2 Å². The Labute approximate surface area is 193 Å². The van der Waals surface area contributed by atoms with Crippen molar-refractivity contribution < 1.29 is 14.3 Å². The van der Waals surface area contributed by atoms with Gasteiger partial charge in [-0.3, -0.25) is 0 Å². The average molecular weight is 457 g/mol. The molecule has 2 atom stereocenters. The number of urea groups is 1. The lowest BCUT2D eigenvalue weighted by Gasteiger charge is -2.40. The van der Waals surface area contributed by atoms with Crippen LogP contribution in [0.4, 0.5) is 4.79 Å². The first-order valence-electron chi connectivity index (χ1n) is 11.2. The molecule has 172 valence electrons. The molecule has 2 aliphatic rings. The van der Waals surface area contributed by atoms with Crippen LogP contribution in [0.1, 0.15) is 36.1 Å². The standard InChI is InChI=1S/C24H32N4O3S/c1-30-20-6-5-17(14-21(20)31-2)16-24-9-7-18(15-22(24)25-12-10-24)27-28-23(29)26-11-8-19-4-3-13-32-19/h3-6,13-14,22,25H,7-12,15-16H2,1-2H3,(H2,26,28,29)/t22-,24+/m0/s1. The molecule has 32 heavy (non-hydrogen) atoms. The van der Waals surface area contributed by atoms with E-state index in [-0.39, 0.29) is 11.4 Å². The van der Waals surface area contributed by atoms with Crippen LogP contribution in [0.3, 0.4) is 0 Å². The molecule has 3 N–H and O–H groups in total. The fourth-order valence-electron chi connectivity index (χ4n) is 4.93. The minimum atomic E-state index is -0.240. The number of ether oxygens (including phenoxy) is 2. The predicted molar refractivity (Wildman–Crippen MR) is 128 cm³/mol. The van der Waals surface area contributed by atoms with Gasteiger partial charge in [0, 0.05) is 29.6 Å². The van der Waals surface area contributed by atoms with Crippen LogP contribution in [-0.2, 0) is 12.8 Å². The predicted octanol–water partition coefficient (Wildman–Crippen LogP) is 3.74. The average Bonchev–Trinajstić information content (AvgIpc) is 3.47. The van der Waals surface area contributed by atoms with Gasteiger partial charge < -0.3 is 20.1 Å². The fourth-order valence-corrected chi connectivity index (χ4v) is 5.64. The Morgan fingerprint density at radius 3 is 2.91 bits per heavy atom. The van der Waals surface area contributed by atoms with Crippen LogP contribution < -0.4 is 25.5 Å². The summed E-state index contributed by atoms with van der Waals surface area (Å²) >= 11 is 1.70. The highest BCUT2D eigenvalue weighted by molar-refractivity contribution is 7.09. The topological polar surface area (TPSA) is 84.0 Å². The number of amides is 2. The van der Waals surface area contributed by atoms with Gasteiger partial charge in [-0.1, -0.05) is 12.1 Å². The van der Waals surface area contributed by atoms with Gasteiger partial charge in [0.2, 0.25) is 0 Å². The normalized spacial score (nSPS) is 23.6. The largest absolute Gasteiger partial charge is 0.493 e. The number of carbonyl (C=O) groups excluding carboxylic acids is 1. The second-order valence-corrected chi connectivity index (χ2v) is 9.60. The summed E-state index contributed by atoms with van der Waals surface area (Å²) in [6.45, 7) is 1.62. The molecule has 1 aromatic carbocycles. The number of hydrogen-bond acceptors (Lipinski definition) is 6. The number of hydrogen-bond donors (Lipinski definition) is 3. The van der Waals surface area contributed by atoms with Crippen LogP contribution in [0.15, 0.2) is 40.8 Å². The SMILES string of the molecule is COc1ccc(C[C@@]23CCN[C@H]2CC(=NNC(=O)NCCc2cccs2)CC3)cc1OC. The zero-order chi connectivity index (χ0) is 22.4. The van der Waals surface area contributed by atoms with Gasteiger partial charge in [-0.05, 0) is 73.2 Å². The molecule has 1 saturated carbocycles. The summed E-state index contributed by atoms with van der Waals surface area (Å²) in [5.41, 5.74) is 5.22. The Morgan fingerprint density at radius 1 is 1.25 bits per heavy atom. The number of methoxy groups -OCH3 is 2. The minimum Gasteiger partial charge on any atom is -0.493 e. The van der Waals surface area contributed by atoms with Crippen molar-refractivity contribution in [2.24, 2.45) is 10.5 Å². The van der Waals surface area contributed by atoms with Crippen LogP contribution in [0.25, 0.3) is 0 Å². The highest BCUT2D eigenvalue weighted by Crippen LogP contribution is 2.45. The van der Waals surface area contributed by atoms with Gasteiger partial charge in [0.05, 0.1) is 14.2 Å². The van der Waals surface area contributed by atoms with Crippen LogP contribution in [-0.4, -0.2) is 45.1 Å². The van der Waals surface area contributed by atoms with Gasteiger partial charge in [-0.25, -0.2) is 10.2 Å². The van der Waals surface area contributed by atoms with E-state index in [1.54, 1.807) is 25.6 Å². The van der Waals surface area contributed by atoms with Gasteiger partial charge in [0.25, 0.3) is 0 Å². The van der Waals surface area contributed by atoms with Crippen molar-refractivity contribution in [3.63, 3.8) is 0 Å². The molecule has 2 fully saturated rings. The van der Waals surface area contributed by atoms with Gasteiger partial charge in [0.15, 0.2) is 11.5 Å². The van der Waals surface area contributed by atoms with E-state index in [0.717, 1.165) is 62.3 Å². The third kappa shape index (κ3) is 5.24. The smallest absolute Gasteiger partial charge is 0.335 e. The quantitative estimate of drug-likeness (QED) is 0.529. The zero-order valence-electron chi connectivity index (χ0n) is 18.8. The summed E-state index contributed by atoms with van der Waals surface area (Å²) in [5.74, 6) is 1.53. The Bertz CT molecular complexity index is 947. The van der Waals surface area contributed by atoms with Gasteiger partial charge in [-0.15, -0.1) is 11.3 Å². The van der Waals surface area contributed by atoms with Crippen molar-refractivity contribution in [2.75, 3.05) is 27.3 Å². The Kier molecular flexibility index (Phi) is 7.32. The van der Waals surface area contributed by atoms with E-state index < -0.39 is 0 Å². The monoisotopic (exact) mass is 456 g/mol. The number of fused-ring (bicyclic) bond motifs is 1. The third-order valence-electron chi connectivity index (χ3n) is 6.66. The van der Waals surface area contributed by atoms with Gasteiger partial charge in [0.1, 0.15) is 0 Å². The van der Waals surface area contributed by atoms with Crippen LogP contribution >= 0.6 is 11.3 Å². The lowest BCUT2D eigenvalue weighted by Crippen LogP contribution is -2.44. The molecule has 7 nitrogen and oxygen atoms in total. The van der Waals surface area contributed by atoms with Crippen LogP contribution in [0, 0.1) is 5.41 Å². The molecule has 0 spiro atoms. The minimum absolute atomic E-state index is 0.210. The van der Waals surface area contributed by atoms with Crippen molar-refractivity contribution in [2.45, 2.75) is 44.6 Å². The second-order valence-electron chi connectivity index (χ2n) is 8.56. The molecular formula is C24H32N4O3S. The molecule has 2 amide bonds. The molecule has 0 bridgehead atoms. The summed E-state index contributed by atoms with van der Waals surface area (Å²) in [6, 6.07) is 10.4. The molecule has 2 heterocycles. The molecule has 1 saturated heterocycles. The number of rotatable bonds is 8. The molecule has 2 aromatic rings. The molecule has 0 unspecified atom stereocenters. The molecule has 0 radical (unpaired) electrons. The number of benzene rings is 1. The third-order valence-corrected chi connectivity index (χ3v) is 7.60. The summed E-state index contributed by atoms with van der Waals surface area (Å²) < 4.78 is 10.9. The summed E-state index contributed by atoms with van der Waals surface area (Å²) in [5, 5.41) is 13.0. The van der Waals surface area contributed by atoms with E-state index in [0.29, 0.717) is 12.6 Å². The molecule has 4 rings (SSSR count). The summed E-state index contributed by atoms with van der Waals surface area (Å²) in [7, 11) is 3.34. The van der Waals surface area contributed by atoms with Crippen molar-refractivity contribution in [3.8, 4) is 11.5 Å². The molecular weight excluding hydrogens is 424 g/mol. The lowest BCUT2D eigenvalue weighted by molar-refractivity contribution is 0.215. The van der Waals surface area contributed by atoms with E-state index in [1.807, 2.05) is 17.5 Å². The van der Waals surface area contributed by atoms with Gasteiger partial charge >= 0.3 is 6.03 Å². The first kappa shape index (κ1) is 22.6. The highest BCUT2D eigenvalue weighted by Gasteiger charge is 2.45. The highest BCUT2D eigenvalue weighted by atomic mass is 32.1. The van der Waals surface area contributed by atoms with E-state index in [9.17, 15) is 4.79 Å². The Hall–Kier alpha value is -2.58. The van der Waals surface area contributed by atoms with Crippen molar-refractivity contribution in [1.82, 2.24) is 16.1 Å². The molecule has 1 aliphatic carbocycles. The number of carbonyl (C=O) groups is 1. The van der Waals surface area contributed by atoms with E-state index >= 15 is 0 Å². The maximum Gasteiger partial charge on any atom is 0.335 e. The maximum absolute atomic E-state index is 12.1. The fraction of sp³-hybridized carbons (Fsp3) is 0.500. The van der Waals surface area contributed by atoms with Crippen LogP contribution in [0.2, 0.25) is 0 Å². The van der Waals surface area contributed by atoms with E-state index in [4.69, 9.17) is 9.47 Å². The van der Waals surface area contributed by atoms with Crippen molar-refractivity contribution >= 4 is 23.1 Å². The number of nitrogens with zero attached hydrogens (tertiary/aromatic N) is 1. The second kappa shape index (κ2) is 10.4. The Balaban J connectivity index is 1.31. The van der Waals surface area contributed by atoms with E-state index in [1.165, 1.54) is 10.4 Å². The molecule has 1 aliphatic heterocycles. The maximum atomic E-state index is 12.1. The van der Waals surface area contributed by atoms with Crippen molar-refractivity contribution in [1.29, 1.82) is 0 Å². The van der Waals surface area contributed by atoms with Gasteiger partial charge in [-0.2, -0.15) is 5.10 Å². The number of hydrazone groups is 1. The first-order valence-corrected chi connectivity index (χ1v) is 12.1. The number of thiophene rings is 1. The Morgan fingerprint density at radius 2 is 2.12 bits per heavy atom. The summed E-state index contributed by atoms with van der Waals surface area (Å²) in [6.07, 6.45) is 5.81. The molecule has 8 heteroatoms. The summed E-state index contributed by atoms with van der Waals surface area (Å²) in [4.78, 5) is 13.4. The lowest BCUT2D eigenvalue weighted by atomic mass is 9.67. The van der Waals surface area contributed by atoms with E-state index in [2.05, 4.69) is 39.4 Å². The van der Waals surface area contributed by atoms with Crippen LogP contribution in [0.5, 0.6) is 11.5 Å².